The van der Waals surface area contributed by atoms with Gasteiger partial charge in [0.25, 0.3) is 11.6 Å². The molecule has 0 aromatic heterocycles. The number of anilines is 1. The smallest absolute Gasteiger partial charge is 0.278 e. The van der Waals surface area contributed by atoms with Crippen molar-refractivity contribution < 1.29 is 14.5 Å². The normalized spacial score (nSPS) is 13.4. The molecule has 0 unspecified atom stereocenters. The second-order valence-corrected chi connectivity index (χ2v) is 4.83. The van der Waals surface area contributed by atoms with Crippen molar-refractivity contribution in [3.8, 4) is 5.75 Å². The second kappa shape index (κ2) is 5.90. The molecule has 20 heavy (non-hydrogen) atoms. The van der Waals surface area contributed by atoms with Crippen molar-refractivity contribution in [3.63, 3.8) is 0 Å². The fourth-order valence-electron chi connectivity index (χ4n) is 2.51. The van der Waals surface area contributed by atoms with E-state index < -0.39 is 0 Å². The highest BCUT2D eigenvalue weighted by Gasteiger charge is 2.29. The molecule has 1 aromatic carbocycles. The third-order valence-electron chi connectivity index (χ3n) is 3.27. The SMILES string of the molecule is CCCc1cc2c(c(CCC)c1[N+](=O)[O-])NC(=O)CO2. The first-order valence-electron chi connectivity index (χ1n) is 6.84. The van der Waals surface area contributed by atoms with Gasteiger partial charge < -0.3 is 10.1 Å². The maximum atomic E-state index is 11.5. The van der Waals surface area contributed by atoms with E-state index in [0.29, 0.717) is 35.4 Å². The molecule has 0 saturated carbocycles. The van der Waals surface area contributed by atoms with Crippen LogP contribution in [-0.4, -0.2) is 17.4 Å². The summed E-state index contributed by atoms with van der Waals surface area (Å²) in [7, 11) is 0. The Bertz CT molecular complexity index is 555. The van der Waals surface area contributed by atoms with Crippen LogP contribution in [-0.2, 0) is 17.6 Å². The molecule has 0 saturated heterocycles. The Morgan fingerprint density at radius 2 is 2.05 bits per heavy atom. The molecule has 0 bridgehead atoms. The van der Waals surface area contributed by atoms with E-state index in [2.05, 4.69) is 5.32 Å². The maximum Gasteiger partial charge on any atom is 0.278 e. The Morgan fingerprint density at radius 1 is 1.35 bits per heavy atom. The van der Waals surface area contributed by atoms with Crippen LogP contribution >= 0.6 is 0 Å². The lowest BCUT2D eigenvalue weighted by molar-refractivity contribution is -0.386. The molecule has 0 radical (unpaired) electrons. The summed E-state index contributed by atoms with van der Waals surface area (Å²) in [6, 6.07) is 1.69. The lowest BCUT2D eigenvalue weighted by Crippen LogP contribution is -2.27. The summed E-state index contributed by atoms with van der Waals surface area (Å²) in [5, 5.41) is 14.1. The predicted octanol–water partition coefficient (Wildman–Crippen LogP) is 2.83. The maximum absolute atomic E-state index is 11.5. The number of aryl methyl sites for hydroxylation is 1. The topological polar surface area (TPSA) is 81.5 Å². The Hall–Kier alpha value is -2.11. The average molecular weight is 278 g/mol. The molecule has 1 N–H and O–H groups in total. The van der Waals surface area contributed by atoms with Crippen LogP contribution in [0.2, 0.25) is 0 Å². The van der Waals surface area contributed by atoms with Gasteiger partial charge in [0.05, 0.1) is 16.2 Å². The molecule has 0 spiro atoms. The van der Waals surface area contributed by atoms with Gasteiger partial charge in [-0.1, -0.05) is 26.7 Å². The van der Waals surface area contributed by atoms with Crippen LogP contribution in [0.5, 0.6) is 5.75 Å². The number of nitro benzene ring substituents is 1. The first-order chi connectivity index (χ1) is 9.58. The summed E-state index contributed by atoms with van der Waals surface area (Å²) in [5.74, 6) is 0.273. The van der Waals surface area contributed by atoms with Gasteiger partial charge in [0.15, 0.2) is 6.61 Å². The molecular weight excluding hydrogens is 260 g/mol. The standard InChI is InChI=1S/C14H18N2O4/c1-3-5-9-7-11-13(15-12(17)8-20-11)10(6-4-2)14(9)16(18)19/h7H,3-6,8H2,1-2H3,(H,15,17). The zero-order chi connectivity index (χ0) is 14.7. The number of carbonyl (C=O) groups is 1. The summed E-state index contributed by atoms with van der Waals surface area (Å²) in [6.07, 6.45) is 2.74. The molecule has 0 fully saturated rings. The summed E-state index contributed by atoms with van der Waals surface area (Å²) < 4.78 is 5.41. The molecule has 108 valence electrons. The predicted molar refractivity (Wildman–Crippen MR) is 75.2 cm³/mol. The summed E-state index contributed by atoms with van der Waals surface area (Å²) in [6.45, 7) is 3.89. The molecular formula is C14H18N2O4. The minimum atomic E-state index is -0.350. The summed E-state index contributed by atoms with van der Waals surface area (Å²) >= 11 is 0. The van der Waals surface area contributed by atoms with Crippen molar-refractivity contribution in [1.82, 2.24) is 0 Å². The number of fused-ring (bicyclic) bond motifs is 1. The number of hydrogen-bond acceptors (Lipinski definition) is 4. The van der Waals surface area contributed by atoms with Crippen molar-refractivity contribution in [2.75, 3.05) is 11.9 Å². The average Bonchev–Trinajstić information content (AvgIpc) is 2.39. The first kappa shape index (κ1) is 14.3. The van der Waals surface area contributed by atoms with Crippen molar-refractivity contribution in [1.29, 1.82) is 0 Å². The summed E-state index contributed by atoms with van der Waals surface area (Å²) in [4.78, 5) is 22.5. The number of nitrogens with zero attached hydrogens (tertiary/aromatic N) is 1. The number of rotatable bonds is 5. The van der Waals surface area contributed by atoms with Crippen LogP contribution < -0.4 is 10.1 Å². The third-order valence-corrected chi connectivity index (χ3v) is 3.27. The van der Waals surface area contributed by atoms with Gasteiger partial charge >= 0.3 is 0 Å². The molecule has 1 heterocycles. The minimum absolute atomic E-state index is 0.0397. The van der Waals surface area contributed by atoms with E-state index in [1.165, 1.54) is 0 Å². The van der Waals surface area contributed by atoms with Gasteiger partial charge in [0.2, 0.25) is 0 Å². The van der Waals surface area contributed by atoms with Crippen LogP contribution in [0.15, 0.2) is 6.07 Å². The third kappa shape index (κ3) is 2.59. The molecule has 1 aliphatic heterocycles. The fraction of sp³-hybridized carbons (Fsp3) is 0.500. The lowest BCUT2D eigenvalue weighted by atomic mass is 9.97. The van der Waals surface area contributed by atoms with Crippen LogP contribution in [0.1, 0.15) is 37.8 Å². The van der Waals surface area contributed by atoms with Gasteiger partial charge in [-0.15, -0.1) is 0 Å². The van der Waals surface area contributed by atoms with Crippen LogP contribution in [0.4, 0.5) is 11.4 Å². The first-order valence-corrected chi connectivity index (χ1v) is 6.84. The van der Waals surface area contributed by atoms with Crippen LogP contribution in [0.25, 0.3) is 0 Å². The van der Waals surface area contributed by atoms with E-state index >= 15 is 0 Å². The zero-order valence-electron chi connectivity index (χ0n) is 11.7. The molecule has 1 aromatic rings. The molecule has 6 nitrogen and oxygen atoms in total. The van der Waals surface area contributed by atoms with Crippen molar-refractivity contribution in [2.24, 2.45) is 0 Å². The number of nitro groups is 1. The quantitative estimate of drug-likeness (QED) is 0.663. The molecule has 0 aliphatic carbocycles. The fourth-order valence-corrected chi connectivity index (χ4v) is 2.51. The molecule has 0 atom stereocenters. The van der Waals surface area contributed by atoms with Gasteiger partial charge in [0, 0.05) is 5.56 Å². The van der Waals surface area contributed by atoms with Gasteiger partial charge in [-0.3, -0.25) is 14.9 Å². The number of ether oxygens (including phenoxy) is 1. The van der Waals surface area contributed by atoms with Gasteiger partial charge in [0.1, 0.15) is 5.75 Å². The van der Waals surface area contributed by atoms with Crippen molar-refractivity contribution >= 4 is 17.3 Å². The highest BCUT2D eigenvalue weighted by atomic mass is 16.6. The highest BCUT2D eigenvalue weighted by Crippen LogP contribution is 2.41. The number of nitrogens with one attached hydrogen (secondary N) is 1. The van der Waals surface area contributed by atoms with Crippen LogP contribution in [0, 0.1) is 10.1 Å². The second-order valence-electron chi connectivity index (χ2n) is 4.83. The Labute approximate surface area is 117 Å². The molecule has 1 aliphatic rings. The number of benzene rings is 1. The monoisotopic (exact) mass is 278 g/mol. The number of carbonyl (C=O) groups excluding carboxylic acids is 1. The Morgan fingerprint density at radius 3 is 2.65 bits per heavy atom. The Balaban J connectivity index is 2.65. The van der Waals surface area contributed by atoms with E-state index in [1.54, 1.807) is 6.07 Å². The van der Waals surface area contributed by atoms with Gasteiger partial charge in [-0.2, -0.15) is 0 Å². The van der Waals surface area contributed by atoms with E-state index in [9.17, 15) is 14.9 Å². The van der Waals surface area contributed by atoms with E-state index in [-0.39, 0.29) is 23.1 Å². The lowest BCUT2D eigenvalue weighted by Gasteiger charge is -2.22. The molecule has 1 amide bonds. The largest absolute Gasteiger partial charge is 0.482 e. The van der Waals surface area contributed by atoms with Crippen LogP contribution in [0.3, 0.4) is 0 Å². The van der Waals surface area contributed by atoms with Crippen molar-refractivity contribution in [3.05, 3.63) is 27.3 Å². The van der Waals surface area contributed by atoms with E-state index in [4.69, 9.17) is 4.74 Å². The Kier molecular flexibility index (Phi) is 4.22. The highest BCUT2D eigenvalue weighted by molar-refractivity contribution is 5.97. The van der Waals surface area contributed by atoms with E-state index in [1.807, 2.05) is 13.8 Å². The van der Waals surface area contributed by atoms with Crippen molar-refractivity contribution in [2.45, 2.75) is 39.5 Å². The van der Waals surface area contributed by atoms with E-state index in [0.717, 1.165) is 12.8 Å². The molecule has 2 rings (SSSR count). The number of hydrogen-bond donors (Lipinski definition) is 1. The minimum Gasteiger partial charge on any atom is -0.482 e. The summed E-state index contributed by atoms with van der Waals surface area (Å²) in [5.41, 5.74) is 1.84. The van der Waals surface area contributed by atoms with Gasteiger partial charge in [-0.25, -0.2) is 0 Å². The zero-order valence-corrected chi connectivity index (χ0v) is 11.7. The number of amides is 1. The molecule has 6 heteroatoms. The van der Waals surface area contributed by atoms with Gasteiger partial charge in [-0.05, 0) is 18.9 Å².